The summed E-state index contributed by atoms with van der Waals surface area (Å²) in [5.74, 6) is -3.07. The average molecular weight is 402 g/mol. The molecule has 5 N–H and O–H groups in total. The van der Waals surface area contributed by atoms with Crippen molar-refractivity contribution in [2.75, 3.05) is 13.1 Å². The molecule has 0 bridgehead atoms. The Labute approximate surface area is 163 Å². The summed E-state index contributed by atoms with van der Waals surface area (Å²) in [4.78, 5) is 43.3. The fourth-order valence-corrected chi connectivity index (χ4v) is 3.72. The van der Waals surface area contributed by atoms with Gasteiger partial charge in [-0.2, -0.15) is 0 Å². The van der Waals surface area contributed by atoms with Crippen LogP contribution in [0.5, 0.6) is 0 Å². The average Bonchev–Trinajstić information content (AvgIpc) is 2.65. The second-order valence-electron chi connectivity index (χ2n) is 7.27. The molecule has 2 aliphatic carbocycles. The van der Waals surface area contributed by atoms with Gasteiger partial charge in [-0.1, -0.05) is 25.7 Å². The molecule has 2 unspecified atom stereocenters. The zero-order valence-corrected chi connectivity index (χ0v) is 15.9. The lowest BCUT2D eigenvalue weighted by Crippen LogP contribution is -2.43. The minimum absolute atomic E-state index is 0.0425. The topological polar surface area (TPSA) is 164 Å². The Bertz CT molecular complexity index is 548. The summed E-state index contributed by atoms with van der Waals surface area (Å²) < 4.78 is 0. The summed E-state index contributed by atoms with van der Waals surface area (Å²) in [6.45, 7) is -0.489. The van der Waals surface area contributed by atoms with E-state index in [-0.39, 0.29) is 24.5 Å². The van der Waals surface area contributed by atoms with Gasteiger partial charge in [0.1, 0.15) is 6.54 Å². The van der Waals surface area contributed by atoms with Gasteiger partial charge in [0, 0.05) is 12.1 Å². The van der Waals surface area contributed by atoms with Crippen LogP contribution in [0.1, 0.15) is 57.8 Å². The minimum atomic E-state index is -1.13. The van der Waals surface area contributed by atoms with Gasteiger partial charge in [-0.3, -0.25) is 19.3 Å². The van der Waals surface area contributed by atoms with E-state index in [0.29, 0.717) is 12.8 Å². The first-order valence-electron chi connectivity index (χ1n) is 9.60. The second-order valence-corrected chi connectivity index (χ2v) is 7.27. The SMILES string of the molecule is O=C(O)CN(C(=O)O)C1CCCCC1.O=C(O)CNC1CCCC(C(=O)O)C1. The molecule has 0 heterocycles. The highest BCUT2D eigenvalue weighted by Gasteiger charge is 2.27. The fourth-order valence-electron chi connectivity index (χ4n) is 3.72. The van der Waals surface area contributed by atoms with Crippen LogP contribution in [0.4, 0.5) is 4.79 Å². The Morgan fingerprint density at radius 3 is 1.96 bits per heavy atom. The lowest BCUT2D eigenvalue weighted by atomic mass is 9.86. The van der Waals surface area contributed by atoms with Crippen LogP contribution in [0.2, 0.25) is 0 Å². The molecule has 2 saturated carbocycles. The maximum absolute atomic E-state index is 10.8. The molecule has 2 atom stereocenters. The van der Waals surface area contributed by atoms with Crippen LogP contribution in [0.25, 0.3) is 0 Å². The first-order chi connectivity index (χ1) is 13.2. The molecule has 0 aliphatic heterocycles. The number of hydrogen-bond donors (Lipinski definition) is 5. The number of aliphatic carboxylic acids is 3. The molecular formula is C18H30N2O8. The second kappa shape index (κ2) is 12.2. The maximum Gasteiger partial charge on any atom is 0.408 e. The Morgan fingerprint density at radius 1 is 0.821 bits per heavy atom. The van der Waals surface area contributed by atoms with E-state index in [1.54, 1.807) is 0 Å². The molecular weight excluding hydrogens is 372 g/mol. The predicted octanol–water partition coefficient (Wildman–Crippen LogP) is 1.69. The number of amides is 1. The van der Waals surface area contributed by atoms with Crippen molar-refractivity contribution in [3.63, 3.8) is 0 Å². The van der Waals surface area contributed by atoms with Gasteiger partial charge < -0.3 is 25.7 Å². The lowest BCUT2D eigenvalue weighted by Gasteiger charge is -2.30. The lowest BCUT2D eigenvalue weighted by molar-refractivity contribution is -0.143. The zero-order valence-electron chi connectivity index (χ0n) is 15.9. The van der Waals surface area contributed by atoms with Crippen LogP contribution in [-0.4, -0.2) is 74.5 Å². The van der Waals surface area contributed by atoms with Crippen molar-refractivity contribution in [1.29, 1.82) is 0 Å². The molecule has 0 aromatic heterocycles. The van der Waals surface area contributed by atoms with Crippen molar-refractivity contribution in [1.82, 2.24) is 10.2 Å². The Balaban J connectivity index is 0.000000280. The molecule has 0 saturated heterocycles. The number of nitrogens with zero attached hydrogens (tertiary/aromatic N) is 1. The first kappa shape index (κ1) is 23.7. The van der Waals surface area contributed by atoms with Gasteiger partial charge in [0.2, 0.25) is 0 Å². The summed E-state index contributed by atoms with van der Waals surface area (Å²) in [5.41, 5.74) is 0. The molecule has 2 rings (SSSR count). The number of carboxylic acids is 3. The number of nitrogens with one attached hydrogen (secondary N) is 1. The van der Waals surface area contributed by atoms with E-state index in [1.807, 2.05) is 0 Å². The quantitative estimate of drug-likeness (QED) is 0.426. The molecule has 1 amide bonds. The van der Waals surface area contributed by atoms with Crippen molar-refractivity contribution in [2.24, 2.45) is 5.92 Å². The van der Waals surface area contributed by atoms with Gasteiger partial charge >= 0.3 is 24.0 Å². The van der Waals surface area contributed by atoms with Crippen LogP contribution in [0, 0.1) is 5.92 Å². The third-order valence-electron chi connectivity index (χ3n) is 5.13. The van der Waals surface area contributed by atoms with E-state index < -0.39 is 30.5 Å². The van der Waals surface area contributed by atoms with E-state index in [9.17, 15) is 19.2 Å². The van der Waals surface area contributed by atoms with E-state index in [4.69, 9.17) is 20.4 Å². The smallest absolute Gasteiger partial charge is 0.408 e. The Morgan fingerprint density at radius 2 is 1.46 bits per heavy atom. The minimum Gasteiger partial charge on any atom is -0.481 e. The van der Waals surface area contributed by atoms with Gasteiger partial charge in [-0.15, -0.1) is 0 Å². The first-order valence-corrected chi connectivity index (χ1v) is 9.60. The van der Waals surface area contributed by atoms with Crippen molar-refractivity contribution >= 4 is 24.0 Å². The molecule has 10 nitrogen and oxygen atoms in total. The molecule has 0 spiro atoms. The van der Waals surface area contributed by atoms with Crippen LogP contribution in [0.15, 0.2) is 0 Å². The zero-order chi connectivity index (χ0) is 21.1. The standard InChI is InChI=1S/2C9H15NO4/c11-8(12)5-10-7-3-1-2-6(4-7)9(13)14;11-8(12)6-10(9(13)14)7-4-2-1-3-5-7/h6-7,10H,1-5H2,(H,11,12)(H,13,14);7H,1-6H2,(H,11,12)(H,13,14). The van der Waals surface area contributed by atoms with E-state index in [2.05, 4.69) is 5.32 Å². The monoisotopic (exact) mass is 402 g/mol. The predicted molar refractivity (Wildman–Crippen MR) is 98.3 cm³/mol. The molecule has 0 radical (unpaired) electrons. The van der Waals surface area contributed by atoms with Gasteiger partial charge in [0.15, 0.2) is 0 Å². The number of carbonyl (C=O) groups is 4. The number of rotatable bonds is 7. The summed E-state index contributed by atoms with van der Waals surface area (Å²) >= 11 is 0. The van der Waals surface area contributed by atoms with Gasteiger partial charge in [0.25, 0.3) is 0 Å². The molecule has 2 aliphatic rings. The van der Waals surface area contributed by atoms with Crippen LogP contribution >= 0.6 is 0 Å². The van der Waals surface area contributed by atoms with Gasteiger partial charge in [-0.05, 0) is 32.1 Å². The normalized spacial score (nSPS) is 22.4. The molecule has 2 fully saturated rings. The number of carboxylic acid groups (broad SMARTS) is 4. The number of hydrogen-bond acceptors (Lipinski definition) is 5. The van der Waals surface area contributed by atoms with E-state index >= 15 is 0 Å². The van der Waals surface area contributed by atoms with Crippen molar-refractivity contribution in [3.8, 4) is 0 Å². The van der Waals surface area contributed by atoms with Crippen LogP contribution < -0.4 is 5.32 Å². The fraction of sp³-hybridized carbons (Fsp3) is 0.778. The summed E-state index contributed by atoms with van der Waals surface area (Å²) in [5, 5.41) is 37.5. The summed E-state index contributed by atoms with van der Waals surface area (Å²) in [6.07, 6.45) is 6.55. The molecule has 10 heteroatoms. The van der Waals surface area contributed by atoms with Crippen LogP contribution in [0.3, 0.4) is 0 Å². The molecule has 28 heavy (non-hydrogen) atoms. The van der Waals surface area contributed by atoms with Crippen LogP contribution in [-0.2, 0) is 14.4 Å². The van der Waals surface area contributed by atoms with Crippen molar-refractivity contribution in [2.45, 2.75) is 69.9 Å². The highest BCUT2D eigenvalue weighted by atomic mass is 16.4. The third-order valence-corrected chi connectivity index (χ3v) is 5.13. The Hall–Kier alpha value is -2.36. The van der Waals surface area contributed by atoms with E-state index in [0.717, 1.165) is 49.8 Å². The molecule has 0 aromatic carbocycles. The Kier molecular flexibility index (Phi) is 10.3. The van der Waals surface area contributed by atoms with Gasteiger partial charge in [-0.25, -0.2) is 4.79 Å². The van der Waals surface area contributed by atoms with Crippen molar-refractivity contribution < 1.29 is 39.6 Å². The summed E-state index contributed by atoms with van der Waals surface area (Å²) in [7, 11) is 0. The third kappa shape index (κ3) is 9.03. The molecule has 0 aromatic rings. The largest absolute Gasteiger partial charge is 0.481 e. The van der Waals surface area contributed by atoms with E-state index in [1.165, 1.54) is 0 Å². The highest BCUT2D eigenvalue weighted by molar-refractivity contribution is 5.76. The maximum atomic E-state index is 10.8. The molecule has 160 valence electrons. The van der Waals surface area contributed by atoms with Gasteiger partial charge in [0.05, 0.1) is 12.5 Å². The summed E-state index contributed by atoms with van der Waals surface area (Å²) in [6, 6.07) is -0.0571. The van der Waals surface area contributed by atoms with Crippen molar-refractivity contribution in [3.05, 3.63) is 0 Å². The highest BCUT2D eigenvalue weighted by Crippen LogP contribution is 2.24.